The van der Waals surface area contributed by atoms with E-state index in [0.29, 0.717) is 11.8 Å². The standard InChI is InChI=1S/C19H25ClN2O/c1-13(2)19-21-17-5-3-4-15(10-11-23)18(17)22(19)12-14-6-8-16(20)9-7-14/h6-9,13,15,23H,3-5,10-12H2,1-2H3. The summed E-state index contributed by atoms with van der Waals surface area (Å²) in [6, 6.07) is 8.06. The monoisotopic (exact) mass is 332 g/mol. The minimum absolute atomic E-state index is 0.243. The Bertz CT molecular complexity index is 661. The van der Waals surface area contributed by atoms with E-state index in [0.717, 1.165) is 36.7 Å². The summed E-state index contributed by atoms with van der Waals surface area (Å²) in [6.45, 7) is 5.47. The van der Waals surface area contributed by atoms with Gasteiger partial charge in [-0.1, -0.05) is 37.6 Å². The first-order valence-electron chi connectivity index (χ1n) is 8.54. The third kappa shape index (κ3) is 3.46. The van der Waals surface area contributed by atoms with Crippen molar-refractivity contribution in [2.45, 2.75) is 57.9 Å². The van der Waals surface area contributed by atoms with E-state index in [1.165, 1.54) is 23.4 Å². The summed E-state index contributed by atoms with van der Waals surface area (Å²) in [5, 5.41) is 10.2. The van der Waals surface area contributed by atoms with E-state index in [9.17, 15) is 5.11 Å². The smallest absolute Gasteiger partial charge is 0.112 e. The Kier molecular flexibility index (Phi) is 5.08. The van der Waals surface area contributed by atoms with Crippen LogP contribution in [-0.4, -0.2) is 21.3 Å². The van der Waals surface area contributed by atoms with Crippen LogP contribution in [0.25, 0.3) is 0 Å². The number of hydrogen-bond donors (Lipinski definition) is 1. The molecule has 0 fully saturated rings. The van der Waals surface area contributed by atoms with Crippen LogP contribution in [0.4, 0.5) is 0 Å². The third-order valence-corrected chi connectivity index (χ3v) is 4.97. The number of benzene rings is 1. The maximum atomic E-state index is 9.43. The molecule has 2 aromatic rings. The molecular formula is C19H25ClN2O. The molecule has 1 N–H and O–H groups in total. The van der Waals surface area contributed by atoms with Crippen molar-refractivity contribution in [1.29, 1.82) is 0 Å². The molecule has 1 unspecified atom stereocenters. The van der Waals surface area contributed by atoms with E-state index in [-0.39, 0.29) is 6.61 Å². The van der Waals surface area contributed by atoms with Gasteiger partial charge in [0.05, 0.1) is 5.69 Å². The van der Waals surface area contributed by atoms with Gasteiger partial charge in [-0.05, 0) is 43.4 Å². The molecule has 1 aromatic carbocycles. The van der Waals surface area contributed by atoms with E-state index in [2.05, 4.69) is 30.5 Å². The summed E-state index contributed by atoms with van der Waals surface area (Å²) in [6.07, 6.45) is 4.21. The molecule has 0 spiro atoms. The van der Waals surface area contributed by atoms with Crippen molar-refractivity contribution >= 4 is 11.6 Å². The summed E-state index contributed by atoms with van der Waals surface area (Å²) >= 11 is 6.01. The van der Waals surface area contributed by atoms with Crippen LogP contribution < -0.4 is 0 Å². The van der Waals surface area contributed by atoms with Crippen molar-refractivity contribution < 1.29 is 5.11 Å². The van der Waals surface area contributed by atoms with Gasteiger partial charge in [0.2, 0.25) is 0 Å². The second-order valence-electron chi connectivity index (χ2n) is 6.77. The Morgan fingerprint density at radius 2 is 2.04 bits per heavy atom. The molecule has 0 radical (unpaired) electrons. The zero-order chi connectivity index (χ0) is 16.4. The Morgan fingerprint density at radius 1 is 1.30 bits per heavy atom. The summed E-state index contributed by atoms with van der Waals surface area (Å²) in [5.41, 5.74) is 3.83. The number of rotatable bonds is 5. The molecule has 1 atom stereocenters. The molecule has 1 aliphatic carbocycles. The molecule has 0 amide bonds. The lowest BCUT2D eigenvalue weighted by atomic mass is 9.87. The minimum atomic E-state index is 0.243. The predicted octanol–water partition coefficient (Wildman–Crippen LogP) is 4.51. The van der Waals surface area contributed by atoms with Crippen LogP contribution in [0.15, 0.2) is 24.3 Å². The molecule has 1 aromatic heterocycles. The van der Waals surface area contributed by atoms with Crippen LogP contribution in [-0.2, 0) is 13.0 Å². The molecule has 124 valence electrons. The fraction of sp³-hybridized carbons (Fsp3) is 0.526. The van der Waals surface area contributed by atoms with Gasteiger partial charge in [0.25, 0.3) is 0 Å². The van der Waals surface area contributed by atoms with Gasteiger partial charge in [0.15, 0.2) is 0 Å². The topological polar surface area (TPSA) is 38.0 Å². The van der Waals surface area contributed by atoms with Gasteiger partial charge in [0.1, 0.15) is 5.82 Å². The van der Waals surface area contributed by atoms with Gasteiger partial charge in [-0.3, -0.25) is 0 Å². The number of imidazole rings is 1. The molecule has 4 heteroatoms. The second-order valence-corrected chi connectivity index (χ2v) is 7.21. The zero-order valence-electron chi connectivity index (χ0n) is 13.9. The quantitative estimate of drug-likeness (QED) is 0.874. The maximum Gasteiger partial charge on any atom is 0.112 e. The molecule has 23 heavy (non-hydrogen) atoms. The highest BCUT2D eigenvalue weighted by Gasteiger charge is 2.28. The van der Waals surface area contributed by atoms with Crippen LogP contribution in [0, 0.1) is 0 Å². The number of aliphatic hydroxyl groups excluding tert-OH is 1. The maximum absolute atomic E-state index is 9.43. The molecule has 0 bridgehead atoms. The molecule has 1 aliphatic rings. The fourth-order valence-electron chi connectivity index (χ4n) is 3.64. The molecule has 0 saturated carbocycles. The zero-order valence-corrected chi connectivity index (χ0v) is 14.7. The summed E-state index contributed by atoms with van der Waals surface area (Å²) in [7, 11) is 0. The first-order chi connectivity index (χ1) is 11.1. The fourth-order valence-corrected chi connectivity index (χ4v) is 3.77. The average molecular weight is 333 g/mol. The molecule has 3 nitrogen and oxygen atoms in total. The Balaban J connectivity index is 2.02. The van der Waals surface area contributed by atoms with Gasteiger partial charge in [0, 0.05) is 35.7 Å². The van der Waals surface area contributed by atoms with Crippen LogP contribution in [0.3, 0.4) is 0 Å². The van der Waals surface area contributed by atoms with Gasteiger partial charge >= 0.3 is 0 Å². The van der Waals surface area contributed by atoms with Crippen molar-refractivity contribution in [3.63, 3.8) is 0 Å². The highest BCUT2D eigenvalue weighted by molar-refractivity contribution is 6.30. The van der Waals surface area contributed by atoms with Gasteiger partial charge in [-0.15, -0.1) is 0 Å². The molecule has 0 aliphatic heterocycles. The number of aliphatic hydroxyl groups is 1. The Morgan fingerprint density at radius 3 is 2.70 bits per heavy atom. The number of aromatic nitrogens is 2. The van der Waals surface area contributed by atoms with Crippen molar-refractivity contribution in [3.8, 4) is 0 Å². The summed E-state index contributed by atoms with van der Waals surface area (Å²) in [5.74, 6) is 1.98. The number of fused-ring (bicyclic) bond motifs is 1. The average Bonchev–Trinajstić information content (AvgIpc) is 2.90. The summed E-state index contributed by atoms with van der Waals surface area (Å²) in [4.78, 5) is 4.95. The lowest BCUT2D eigenvalue weighted by Gasteiger charge is -2.24. The Hall–Kier alpha value is -1.32. The highest BCUT2D eigenvalue weighted by atomic mass is 35.5. The highest BCUT2D eigenvalue weighted by Crippen LogP contribution is 2.36. The first kappa shape index (κ1) is 16.5. The lowest BCUT2D eigenvalue weighted by molar-refractivity contribution is 0.266. The number of halogens is 1. The molecule has 1 heterocycles. The largest absolute Gasteiger partial charge is 0.396 e. The van der Waals surface area contributed by atoms with Crippen LogP contribution in [0.2, 0.25) is 5.02 Å². The number of aryl methyl sites for hydroxylation is 1. The van der Waals surface area contributed by atoms with Crippen molar-refractivity contribution in [2.75, 3.05) is 6.61 Å². The van der Waals surface area contributed by atoms with Gasteiger partial charge < -0.3 is 9.67 Å². The SMILES string of the molecule is CC(C)c1nc2c(n1Cc1ccc(Cl)cc1)C(CCO)CCC2. The second kappa shape index (κ2) is 7.06. The Labute approximate surface area is 143 Å². The normalized spacial score (nSPS) is 17.5. The van der Waals surface area contributed by atoms with Gasteiger partial charge in [-0.25, -0.2) is 4.98 Å². The van der Waals surface area contributed by atoms with E-state index in [4.69, 9.17) is 16.6 Å². The molecule has 0 saturated heterocycles. The van der Waals surface area contributed by atoms with E-state index < -0.39 is 0 Å². The predicted molar refractivity (Wildman–Crippen MR) is 94.3 cm³/mol. The van der Waals surface area contributed by atoms with Gasteiger partial charge in [-0.2, -0.15) is 0 Å². The van der Waals surface area contributed by atoms with Crippen molar-refractivity contribution in [1.82, 2.24) is 9.55 Å². The number of hydrogen-bond acceptors (Lipinski definition) is 2. The van der Waals surface area contributed by atoms with Crippen molar-refractivity contribution in [2.24, 2.45) is 0 Å². The van der Waals surface area contributed by atoms with E-state index >= 15 is 0 Å². The molecular weight excluding hydrogens is 308 g/mol. The van der Waals surface area contributed by atoms with Crippen LogP contribution in [0.5, 0.6) is 0 Å². The lowest BCUT2D eigenvalue weighted by Crippen LogP contribution is -2.17. The van der Waals surface area contributed by atoms with Crippen molar-refractivity contribution in [3.05, 3.63) is 52.1 Å². The molecule has 3 rings (SSSR count). The van der Waals surface area contributed by atoms with E-state index in [1.54, 1.807) is 0 Å². The number of nitrogens with zero attached hydrogens (tertiary/aromatic N) is 2. The third-order valence-electron chi connectivity index (χ3n) is 4.71. The minimum Gasteiger partial charge on any atom is -0.396 e. The first-order valence-corrected chi connectivity index (χ1v) is 8.92. The van der Waals surface area contributed by atoms with E-state index in [1.807, 2.05) is 12.1 Å². The summed E-state index contributed by atoms with van der Waals surface area (Å²) < 4.78 is 2.39. The van der Waals surface area contributed by atoms with Crippen LogP contribution >= 0.6 is 11.6 Å². The van der Waals surface area contributed by atoms with Crippen LogP contribution in [0.1, 0.15) is 67.7 Å².